The highest BCUT2D eigenvalue weighted by atomic mass is 32.2. The van der Waals surface area contributed by atoms with Crippen LogP contribution in [0.25, 0.3) is 0 Å². The highest BCUT2D eigenvalue weighted by Crippen LogP contribution is 2.10. The van der Waals surface area contributed by atoms with E-state index >= 15 is 0 Å². The molecule has 0 aliphatic heterocycles. The Hall–Kier alpha value is -0.0900. The monoisotopic (exact) mass is 249 g/mol. The van der Waals surface area contributed by atoms with Crippen LogP contribution in [0, 0.1) is 6.92 Å². The van der Waals surface area contributed by atoms with Gasteiger partial charge in [-0.15, -0.1) is 0 Å². The first-order chi connectivity index (χ1) is 7.56. The number of rotatable bonds is 11. The van der Waals surface area contributed by atoms with Crippen molar-refractivity contribution in [2.45, 2.75) is 64.2 Å². The van der Waals surface area contributed by atoms with Crippen molar-refractivity contribution in [3.05, 3.63) is 6.92 Å². The average molecular weight is 249 g/mol. The lowest BCUT2D eigenvalue weighted by Gasteiger charge is -2.01. The van der Waals surface area contributed by atoms with Crippen molar-refractivity contribution >= 4 is 10.1 Å². The van der Waals surface area contributed by atoms with Crippen LogP contribution < -0.4 is 0 Å². The molecule has 0 aromatic heterocycles. The second-order valence-electron chi connectivity index (χ2n) is 4.32. The molecule has 0 saturated heterocycles. The molecule has 0 bridgehead atoms. The fraction of sp³-hybridized carbons (Fsp3) is 0.917. The topological polar surface area (TPSA) is 54.4 Å². The van der Waals surface area contributed by atoms with Crippen molar-refractivity contribution in [2.24, 2.45) is 0 Å². The van der Waals surface area contributed by atoms with E-state index in [0.717, 1.165) is 19.3 Å². The predicted octanol–water partition coefficient (Wildman–Crippen LogP) is 3.61. The summed E-state index contributed by atoms with van der Waals surface area (Å²) in [6.07, 6.45) is 11.1. The van der Waals surface area contributed by atoms with Crippen LogP contribution in [-0.2, 0) is 10.1 Å². The van der Waals surface area contributed by atoms with E-state index in [-0.39, 0.29) is 5.75 Å². The first-order valence-electron chi connectivity index (χ1n) is 6.30. The molecule has 3 nitrogen and oxygen atoms in total. The van der Waals surface area contributed by atoms with Gasteiger partial charge in [-0.05, 0) is 6.42 Å². The Morgan fingerprint density at radius 1 is 0.750 bits per heavy atom. The van der Waals surface area contributed by atoms with Crippen LogP contribution in [0.4, 0.5) is 0 Å². The normalized spacial score (nSPS) is 11.9. The van der Waals surface area contributed by atoms with Crippen LogP contribution in [0.1, 0.15) is 64.2 Å². The van der Waals surface area contributed by atoms with Gasteiger partial charge >= 0.3 is 0 Å². The summed E-state index contributed by atoms with van der Waals surface area (Å²) in [5.41, 5.74) is 0. The Labute approximate surface area is 100 Å². The minimum Gasteiger partial charge on any atom is -0.286 e. The summed E-state index contributed by atoms with van der Waals surface area (Å²) in [7, 11) is -3.74. The van der Waals surface area contributed by atoms with Gasteiger partial charge in [-0.25, -0.2) is 0 Å². The fourth-order valence-electron chi connectivity index (χ4n) is 1.70. The van der Waals surface area contributed by atoms with E-state index in [1.165, 1.54) is 38.5 Å². The van der Waals surface area contributed by atoms with Crippen molar-refractivity contribution in [3.8, 4) is 0 Å². The zero-order valence-electron chi connectivity index (χ0n) is 10.2. The van der Waals surface area contributed by atoms with Gasteiger partial charge < -0.3 is 0 Å². The van der Waals surface area contributed by atoms with Crippen LogP contribution in [-0.4, -0.2) is 18.7 Å². The lowest BCUT2D eigenvalue weighted by molar-refractivity contribution is 0.478. The first-order valence-corrected chi connectivity index (χ1v) is 7.91. The quantitative estimate of drug-likeness (QED) is 0.449. The summed E-state index contributed by atoms with van der Waals surface area (Å²) in [6, 6.07) is 0. The Bertz CT molecular complexity index is 235. The van der Waals surface area contributed by atoms with Crippen molar-refractivity contribution in [1.82, 2.24) is 0 Å². The van der Waals surface area contributed by atoms with Gasteiger partial charge in [0.25, 0.3) is 10.1 Å². The highest BCUT2D eigenvalue weighted by Gasteiger charge is 2.02. The van der Waals surface area contributed by atoms with Crippen molar-refractivity contribution in [2.75, 3.05) is 5.75 Å². The van der Waals surface area contributed by atoms with Gasteiger partial charge in [0.1, 0.15) is 0 Å². The minimum absolute atomic E-state index is 0.0868. The first kappa shape index (κ1) is 15.9. The van der Waals surface area contributed by atoms with Gasteiger partial charge in [-0.2, -0.15) is 8.42 Å². The molecular weight excluding hydrogens is 224 g/mol. The average Bonchev–Trinajstić information content (AvgIpc) is 2.19. The third-order valence-electron chi connectivity index (χ3n) is 2.65. The highest BCUT2D eigenvalue weighted by molar-refractivity contribution is 7.85. The third-order valence-corrected chi connectivity index (χ3v) is 3.46. The molecule has 0 aliphatic rings. The second kappa shape index (κ2) is 10.1. The summed E-state index contributed by atoms with van der Waals surface area (Å²) in [5.74, 6) is -0.0868. The Balaban J connectivity index is 3.05. The number of unbranched alkanes of at least 4 members (excludes halogenated alkanes) is 9. The Kier molecular flexibility index (Phi) is 10.0. The summed E-state index contributed by atoms with van der Waals surface area (Å²) in [4.78, 5) is 0. The SMILES string of the molecule is [CH2]CCCCCCCCCCCS(=O)(=O)O. The molecule has 0 aromatic carbocycles. The summed E-state index contributed by atoms with van der Waals surface area (Å²) >= 11 is 0. The fourth-order valence-corrected chi connectivity index (χ4v) is 2.27. The van der Waals surface area contributed by atoms with Crippen molar-refractivity contribution in [3.63, 3.8) is 0 Å². The van der Waals surface area contributed by atoms with E-state index in [0.29, 0.717) is 6.42 Å². The van der Waals surface area contributed by atoms with Gasteiger partial charge in [-0.3, -0.25) is 4.55 Å². The molecule has 0 amide bonds. The number of hydrogen-bond acceptors (Lipinski definition) is 2. The summed E-state index contributed by atoms with van der Waals surface area (Å²) in [6.45, 7) is 3.80. The van der Waals surface area contributed by atoms with Crippen LogP contribution in [0.3, 0.4) is 0 Å². The molecule has 1 radical (unpaired) electrons. The maximum Gasteiger partial charge on any atom is 0.264 e. The molecule has 0 spiro atoms. The van der Waals surface area contributed by atoms with Gasteiger partial charge in [0.15, 0.2) is 0 Å². The third kappa shape index (κ3) is 13.9. The summed E-state index contributed by atoms with van der Waals surface area (Å²) < 4.78 is 29.3. The molecule has 0 fully saturated rings. The summed E-state index contributed by atoms with van der Waals surface area (Å²) in [5, 5.41) is 0. The molecule has 16 heavy (non-hydrogen) atoms. The van der Waals surface area contributed by atoms with E-state index in [1.54, 1.807) is 0 Å². The molecule has 0 rings (SSSR count). The van der Waals surface area contributed by atoms with Crippen molar-refractivity contribution < 1.29 is 13.0 Å². The molecule has 0 atom stereocenters. The molecule has 4 heteroatoms. The van der Waals surface area contributed by atoms with Crippen LogP contribution >= 0.6 is 0 Å². The van der Waals surface area contributed by atoms with Crippen LogP contribution in [0.2, 0.25) is 0 Å². The maximum absolute atomic E-state index is 10.4. The van der Waals surface area contributed by atoms with Crippen LogP contribution in [0.15, 0.2) is 0 Å². The largest absolute Gasteiger partial charge is 0.286 e. The molecule has 0 aliphatic carbocycles. The smallest absolute Gasteiger partial charge is 0.264 e. The molecule has 0 unspecified atom stereocenters. The number of hydrogen-bond donors (Lipinski definition) is 1. The minimum atomic E-state index is -3.74. The zero-order chi connectivity index (χ0) is 12.3. The lowest BCUT2D eigenvalue weighted by Crippen LogP contribution is -2.03. The van der Waals surface area contributed by atoms with Crippen LogP contribution in [0.5, 0.6) is 0 Å². The molecule has 0 aromatic rings. The second-order valence-corrected chi connectivity index (χ2v) is 5.89. The Morgan fingerprint density at radius 3 is 1.50 bits per heavy atom. The van der Waals surface area contributed by atoms with E-state index in [1.807, 2.05) is 0 Å². The van der Waals surface area contributed by atoms with E-state index in [4.69, 9.17) is 4.55 Å². The molecule has 0 heterocycles. The van der Waals surface area contributed by atoms with Crippen molar-refractivity contribution in [1.29, 1.82) is 0 Å². The molecule has 1 N–H and O–H groups in total. The maximum atomic E-state index is 10.4. The lowest BCUT2D eigenvalue weighted by atomic mass is 10.1. The van der Waals surface area contributed by atoms with E-state index in [2.05, 4.69) is 6.92 Å². The standard InChI is InChI=1S/C12H25O3S/c1-2-3-4-5-6-7-8-9-10-11-12-16(13,14)15/h1-12H2,(H,13,14,15). The van der Waals surface area contributed by atoms with E-state index in [9.17, 15) is 8.42 Å². The Morgan fingerprint density at radius 2 is 1.12 bits per heavy atom. The molecular formula is C12H25O3S. The molecule has 97 valence electrons. The molecule has 0 saturated carbocycles. The van der Waals surface area contributed by atoms with Gasteiger partial charge in [0.05, 0.1) is 5.75 Å². The van der Waals surface area contributed by atoms with Gasteiger partial charge in [-0.1, -0.05) is 64.7 Å². The van der Waals surface area contributed by atoms with Gasteiger partial charge in [0, 0.05) is 0 Å². The predicted molar refractivity (Wildman–Crippen MR) is 67.9 cm³/mol. The van der Waals surface area contributed by atoms with Gasteiger partial charge in [0.2, 0.25) is 0 Å². The zero-order valence-corrected chi connectivity index (χ0v) is 11.0. The van der Waals surface area contributed by atoms with E-state index < -0.39 is 10.1 Å².